The molecule has 0 unspecified atom stereocenters. The van der Waals surface area contributed by atoms with Crippen LogP contribution >= 0.6 is 12.4 Å². The minimum atomic E-state index is -0.592. The molecule has 0 aliphatic carbocycles. The molecule has 0 saturated carbocycles. The van der Waals surface area contributed by atoms with Crippen molar-refractivity contribution in [1.82, 2.24) is 4.90 Å². The van der Waals surface area contributed by atoms with Crippen LogP contribution in [0.3, 0.4) is 0 Å². The minimum absolute atomic E-state index is 0. The van der Waals surface area contributed by atoms with Gasteiger partial charge in [0.1, 0.15) is 5.56 Å². The molecule has 128 valence electrons. The van der Waals surface area contributed by atoms with Crippen LogP contribution in [0.4, 0.5) is 5.69 Å². The first-order chi connectivity index (χ1) is 10.5. The number of nitrogens with zero attached hydrogens (tertiary/aromatic N) is 2. The number of ether oxygens (including phenoxy) is 2. The highest BCUT2D eigenvalue weighted by molar-refractivity contribution is 5.99. The van der Waals surface area contributed by atoms with Crippen LogP contribution in [0, 0.1) is 10.1 Å². The van der Waals surface area contributed by atoms with Gasteiger partial charge in [-0.05, 0) is 13.3 Å². The number of hydrogen-bond donors (Lipinski definition) is 1. The van der Waals surface area contributed by atoms with E-state index in [0.29, 0.717) is 31.9 Å². The number of methoxy groups -OCH3 is 1. The molecule has 0 radical (unpaired) electrons. The Morgan fingerprint density at radius 3 is 2.65 bits per heavy atom. The van der Waals surface area contributed by atoms with E-state index >= 15 is 0 Å². The monoisotopic (exact) mass is 345 g/mol. The van der Waals surface area contributed by atoms with Crippen molar-refractivity contribution < 1.29 is 19.2 Å². The first-order valence-corrected chi connectivity index (χ1v) is 7.02. The van der Waals surface area contributed by atoms with Crippen LogP contribution < -0.4 is 15.2 Å². The van der Waals surface area contributed by atoms with Crippen molar-refractivity contribution in [1.29, 1.82) is 0 Å². The second-order valence-electron chi connectivity index (χ2n) is 5.01. The van der Waals surface area contributed by atoms with E-state index in [-0.39, 0.29) is 35.4 Å². The van der Waals surface area contributed by atoms with Gasteiger partial charge in [0.05, 0.1) is 24.7 Å². The number of halogens is 1. The zero-order valence-electron chi connectivity index (χ0n) is 13.0. The minimum Gasteiger partial charge on any atom is -0.493 e. The molecule has 23 heavy (non-hydrogen) atoms. The van der Waals surface area contributed by atoms with E-state index in [4.69, 9.17) is 15.2 Å². The Kier molecular flexibility index (Phi) is 6.59. The number of nitro benzene ring substituents is 1. The van der Waals surface area contributed by atoms with E-state index in [1.807, 2.05) is 0 Å². The van der Waals surface area contributed by atoms with E-state index in [1.165, 1.54) is 24.1 Å². The topological polar surface area (TPSA) is 108 Å². The predicted molar refractivity (Wildman–Crippen MR) is 86.6 cm³/mol. The lowest BCUT2D eigenvalue weighted by atomic mass is 10.1. The number of hydrogen-bond acceptors (Lipinski definition) is 6. The van der Waals surface area contributed by atoms with Crippen LogP contribution in [-0.2, 0) is 0 Å². The van der Waals surface area contributed by atoms with Crippen molar-refractivity contribution in [2.75, 3.05) is 26.8 Å². The Labute approximate surface area is 140 Å². The van der Waals surface area contributed by atoms with Gasteiger partial charge in [-0.25, -0.2) is 0 Å². The maximum atomic E-state index is 12.5. The molecule has 1 amide bonds. The summed E-state index contributed by atoms with van der Waals surface area (Å²) in [6, 6.07) is 2.49. The summed E-state index contributed by atoms with van der Waals surface area (Å²) in [5.74, 6) is 0.117. The Balaban J connectivity index is 0.00000264. The zero-order valence-corrected chi connectivity index (χ0v) is 13.8. The lowest BCUT2D eigenvalue weighted by molar-refractivity contribution is -0.385. The van der Waals surface area contributed by atoms with Gasteiger partial charge in [-0.3, -0.25) is 14.9 Å². The van der Waals surface area contributed by atoms with Gasteiger partial charge in [0, 0.05) is 25.2 Å². The first kappa shape index (κ1) is 19.0. The molecule has 1 heterocycles. The normalized spacial score (nSPS) is 16.7. The Bertz CT molecular complexity index is 596. The van der Waals surface area contributed by atoms with Crippen molar-refractivity contribution >= 4 is 24.0 Å². The molecular weight excluding hydrogens is 326 g/mol. The molecule has 1 fully saturated rings. The predicted octanol–water partition coefficient (Wildman–Crippen LogP) is 1.60. The molecule has 1 aliphatic heterocycles. The third-order valence-electron chi connectivity index (χ3n) is 3.52. The fourth-order valence-corrected chi connectivity index (χ4v) is 2.44. The number of nitro groups is 1. The molecule has 1 aliphatic rings. The number of carbonyl (C=O) groups excluding carboxylic acids is 1. The highest BCUT2D eigenvalue weighted by Crippen LogP contribution is 2.35. The van der Waals surface area contributed by atoms with E-state index in [2.05, 4.69) is 0 Å². The average molecular weight is 346 g/mol. The van der Waals surface area contributed by atoms with Crippen molar-refractivity contribution in [3.63, 3.8) is 0 Å². The van der Waals surface area contributed by atoms with E-state index in [0.717, 1.165) is 0 Å². The van der Waals surface area contributed by atoms with Crippen molar-refractivity contribution in [3.05, 3.63) is 27.8 Å². The summed E-state index contributed by atoms with van der Waals surface area (Å²) >= 11 is 0. The van der Waals surface area contributed by atoms with Gasteiger partial charge in [0.25, 0.3) is 11.6 Å². The number of amides is 1. The summed E-state index contributed by atoms with van der Waals surface area (Å²) in [4.78, 5) is 24.7. The molecule has 0 bridgehead atoms. The third-order valence-corrected chi connectivity index (χ3v) is 3.52. The number of nitrogens with two attached hydrogens (primary N) is 1. The lowest BCUT2D eigenvalue weighted by Crippen LogP contribution is -2.32. The van der Waals surface area contributed by atoms with Gasteiger partial charge in [-0.15, -0.1) is 12.4 Å². The summed E-state index contributed by atoms with van der Waals surface area (Å²) in [6.07, 6.45) is 0.688. The van der Waals surface area contributed by atoms with E-state index in [1.54, 1.807) is 6.92 Å². The van der Waals surface area contributed by atoms with Crippen molar-refractivity contribution in [2.24, 2.45) is 5.73 Å². The molecule has 1 aromatic carbocycles. The van der Waals surface area contributed by atoms with Crippen molar-refractivity contribution in [3.8, 4) is 11.5 Å². The van der Waals surface area contributed by atoms with Crippen LogP contribution in [-0.4, -0.2) is 48.6 Å². The standard InChI is InChI=1S/C14H19N3O5.ClH/c1-3-22-13-7-11(17(19)20)10(6-12(13)21-2)14(18)16-5-4-9(15)8-16;/h6-7,9H,3-5,8,15H2,1-2H3;1H/t9-;/m1./s1. The Hall–Kier alpha value is -2.06. The van der Waals surface area contributed by atoms with E-state index < -0.39 is 10.8 Å². The highest BCUT2D eigenvalue weighted by atomic mass is 35.5. The van der Waals surface area contributed by atoms with Gasteiger partial charge < -0.3 is 20.1 Å². The van der Waals surface area contributed by atoms with Gasteiger partial charge in [-0.1, -0.05) is 0 Å². The average Bonchev–Trinajstić information content (AvgIpc) is 2.92. The smallest absolute Gasteiger partial charge is 0.286 e. The second kappa shape index (κ2) is 7.98. The zero-order chi connectivity index (χ0) is 16.3. The molecule has 1 saturated heterocycles. The van der Waals surface area contributed by atoms with Gasteiger partial charge in [0.2, 0.25) is 0 Å². The Morgan fingerprint density at radius 2 is 2.17 bits per heavy atom. The lowest BCUT2D eigenvalue weighted by Gasteiger charge is -2.17. The summed E-state index contributed by atoms with van der Waals surface area (Å²) in [7, 11) is 1.42. The molecule has 0 aromatic heterocycles. The van der Waals surface area contributed by atoms with Gasteiger partial charge >= 0.3 is 0 Å². The molecule has 9 heteroatoms. The SMILES string of the molecule is CCOc1cc([N+](=O)[O-])c(C(=O)N2CC[C@@H](N)C2)cc1OC.Cl. The number of carbonyl (C=O) groups is 1. The summed E-state index contributed by atoms with van der Waals surface area (Å²) in [6.45, 7) is 2.98. The Morgan fingerprint density at radius 1 is 1.48 bits per heavy atom. The fourth-order valence-electron chi connectivity index (χ4n) is 2.44. The van der Waals surface area contributed by atoms with Crippen LogP contribution in [0.2, 0.25) is 0 Å². The number of rotatable bonds is 5. The van der Waals surface area contributed by atoms with Crippen molar-refractivity contribution in [2.45, 2.75) is 19.4 Å². The van der Waals surface area contributed by atoms with Gasteiger partial charge in [0.15, 0.2) is 11.5 Å². The van der Waals surface area contributed by atoms with E-state index in [9.17, 15) is 14.9 Å². The molecule has 1 atom stereocenters. The molecule has 0 spiro atoms. The molecule has 1 aromatic rings. The first-order valence-electron chi connectivity index (χ1n) is 7.02. The summed E-state index contributed by atoms with van der Waals surface area (Å²) in [5.41, 5.74) is 5.48. The van der Waals surface area contributed by atoms with Crippen LogP contribution in [0.25, 0.3) is 0 Å². The summed E-state index contributed by atoms with van der Waals surface area (Å²) < 4.78 is 10.5. The summed E-state index contributed by atoms with van der Waals surface area (Å²) in [5, 5.41) is 11.3. The van der Waals surface area contributed by atoms with Gasteiger partial charge in [-0.2, -0.15) is 0 Å². The van der Waals surface area contributed by atoms with Crippen LogP contribution in [0.5, 0.6) is 11.5 Å². The third kappa shape index (κ3) is 4.02. The second-order valence-corrected chi connectivity index (χ2v) is 5.01. The maximum absolute atomic E-state index is 12.5. The fraction of sp³-hybridized carbons (Fsp3) is 0.500. The largest absolute Gasteiger partial charge is 0.493 e. The number of likely N-dealkylation sites (tertiary alicyclic amines) is 1. The van der Waals surface area contributed by atoms with Crippen LogP contribution in [0.15, 0.2) is 12.1 Å². The van der Waals surface area contributed by atoms with Crippen LogP contribution in [0.1, 0.15) is 23.7 Å². The molecule has 2 N–H and O–H groups in total. The molecular formula is C14H20ClN3O5. The quantitative estimate of drug-likeness (QED) is 0.641. The molecule has 2 rings (SSSR count). The molecule has 8 nitrogen and oxygen atoms in total. The number of benzene rings is 1. The maximum Gasteiger partial charge on any atom is 0.286 e. The highest BCUT2D eigenvalue weighted by Gasteiger charge is 2.31.